The maximum absolute atomic E-state index is 11.9. The van der Waals surface area contributed by atoms with E-state index in [1.54, 1.807) is 25.9 Å². The molecule has 22 heavy (non-hydrogen) atoms. The first-order valence-corrected chi connectivity index (χ1v) is 7.45. The summed E-state index contributed by atoms with van der Waals surface area (Å²) in [6, 6.07) is 0.103. The molecular formula is C14H24N4O4. The van der Waals surface area contributed by atoms with Gasteiger partial charge in [-0.3, -0.25) is 9.69 Å². The summed E-state index contributed by atoms with van der Waals surface area (Å²) >= 11 is 0. The van der Waals surface area contributed by atoms with Crippen molar-refractivity contribution in [1.29, 1.82) is 0 Å². The molecule has 0 aliphatic carbocycles. The number of aliphatic hydroxyl groups excluding tert-OH is 1. The monoisotopic (exact) mass is 312 g/mol. The molecule has 0 spiro atoms. The van der Waals surface area contributed by atoms with Crippen LogP contribution >= 0.6 is 0 Å². The quantitative estimate of drug-likeness (QED) is 0.746. The van der Waals surface area contributed by atoms with E-state index in [-0.39, 0.29) is 11.9 Å². The van der Waals surface area contributed by atoms with Crippen LogP contribution < -0.4 is 0 Å². The SMILES string of the molecule is COC[C@H](O)CN1CC[C@@H](N(Cc2noc(C)n2)C(C)=O)C1. The Labute approximate surface area is 130 Å². The Morgan fingerprint density at radius 2 is 2.41 bits per heavy atom. The van der Waals surface area contributed by atoms with E-state index in [9.17, 15) is 9.90 Å². The number of nitrogens with zero attached hydrogens (tertiary/aromatic N) is 4. The molecule has 0 bridgehead atoms. The number of amides is 1. The molecule has 0 aromatic carbocycles. The van der Waals surface area contributed by atoms with Gasteiger partial charge in [0.25, 0.3) is 0 Å². The van der Waals surface area contributed by atoms with Crippen LogP contribution in [0, 0.1) is 6.92 Å². The van der Waals surface area contributed by atoms with Crippen LogP contribution in [-0.2, 0) is 16.1 Å². The fourth-order valence-corrected chi connectivity index (χ4v) is 2.83. The number of hydrogen-bond acceptors (Lipinski definition) is 7. The Kier molecular flexibility index (Phi) is 5.87. The second kappa shape index (κ2) is 7.66. The Morgan fingerprint density at radius 3 is 3.00 bits per heavy atom. The molecule has 1 N–H and O–H groups in total. The van der Waals surface area contributed by atoms with Gasteiger partial charge in [-0.15, -0.1) is 0 Å². The van der Waals surface area contributed by atoms with Gasteiger partial charge in [-0.2, -0.15) is 4.98 Å². The highest BCUT2D eigenvalue weighted by molar-refractivity contribution is 5.73. The molecule has 8 heteroatoms. The van der Waals surface area contributed by atoms with Gasteiger partial charge in [0.15, 0.2) is 5.82 Å². The number of hydrogen-bond donors (Lipinski definition) is 1. The van der Waals surface area contributed by atoms with Crippen molar-refractivity contribution in [2.24, 2.45) is 0 Å². The fraction of sp³-hybridized carbons (Fsp3) is 0.786. The normalized spacial score (nSPS) is 20.3. The van der Waals surface area contributed by atoms with Crippen LogP contribution in [-0.4, -0.2) is 76.5 Å². The molecule has 2 rings (SSSR count). The number of rotatable bonds is 7. The molecule has 0 saturated carbocycles. The summed E-state index contributed by atoms with van der Waals surface area (Å²) < 4.78 is 9.89. The minimum Gasteiger partial charge on any atom is -0.389 e. The summed E-state index contributed by atoms with van der Waals surface area (Å²) in [6.07, 6.45) is 0.366. The zero-order chi connectivity index (χ0) is 16.1. The van der Waals surface area contributed by atoms with Crippen LogP contribution in [0.4, 0.5) is 0 Å². The van der Waals surface area contributed by atoms with Crippen LogP contribution in [0.2, 0.25) is 0 Å². The summed E-state index contributed by atoms with van der Waals surface area (Å²) in [6.45, 7) is 6.08. The zero-order valence-corrected chi connectivity index (χ0v) is 13.4. The molecule has 1 aliphatic heterocycles. The number of β-amino-alcohol motifs (C(OH)–C–C–N with tert-alkyl or cyclic N) is 1. The van der Waals surface area contributed by atoms with E-state index in [4.69, 9.17) is 9.26 Å². The van der Waals surface area contributed by atoms with Gasteiger partial charge in [0, 0.05) is 46.6 Å². The second-order valence-electron chi connectivity index (χ2n) is 5.69. The van der Waals surface area contributed by atoms with E-state index in [1.165, 1.54) is 0 Å². The Hall–Kier alpha value is -1.51. The van der Waals surface area contributed by atoms with Crippen molar-refractivity contribution in [2.45, 2.75) is 39.0 Å². The minimum absolute atomic E-state index is 0.00765. The lowest BCUT2D eigenvalue weighted by molar-refractivity contribution is -0.131. The predicted octanol–water partition coefficient (Wildman–Crippen LogP) is -0.192. The number of aryl methyl sites for hydroxylation is 1. The number of aromatic nitrogens is 2. The summed E-state index contributed by atoms with van der Waals surface area (Å²) in [5.74, 6) is 1.01. The van der Waals surface area contributed by atoms with Crippen LogP contribution in [0.3, 0.4) is 0 Å². The first-order chi connectivity index (χ1) is 10.5. The van der Waals surface area contributed by atoms with Crippen LogP contribution in [0.15, 0.2) is 4.52 Å². The van der Waals surface area contributed by atoms with Crippen molar-refractivity contribution < 1.29 is 19.2 Å². The van der Waals surface area contributed by atoms with E-state index < -0.39 is 6.10 Å². The average Bonchev–Trinajstić information content (AvgIpc) is 3.05. The van der Waals surface area contributed by atoms with E-state index in [1.807, 2.05) is 0 Å². The first-order valence-electron chi connectivity index (χ1n) is 7.45. The third-order valence-corrected chi connectivity index (χ3v) is 3.80. The third kappa shape index (κ3) is 4.49. The van der Waals surface area contributed by atoms with Gasteiger partial charge in [-0.25, -0.2) is 0 Å². The molecule has 2 atom stereocenters. The van der Waals surface area contributed by atoms with E-state index in [0.29, 0.717) is 31.4 Å². The lowest BCUT2D eigenvalue weighted by atomic mass is 10.2. The molecule has 1 amide bonds. The third-order valence-electron chi connectivity index (χ3n) is 3.80. The second-order valence-corrected chi connectivity index (χ2v) is 5.69. The van der Waals surface area contributed by atoms with Crippen molar-refractivity contribution in [2.75, 3.05) is 33.4 Å². The van der Waals surface area contributed by atoms with Gasteiger partial charge < -0.3 is 19.3 Å². The highest BCUT2D eigenvalue weighted by atomic mass is 16.5. The Balaban J connectivity index is 1.91. The number of carbonyl (C=O) groups is 1. The smallest absolute Gasteiger partial charge is 0.223 e. The molecule has 1 aromatic rings. The molecule has 1 aliphatic rings. The molecule has 8 nitrogen and oxygen atoms in total. The standard InChI is InChI=1S/C14H24N4O4/c1-10-15-14(16-22-10)8-18(11(2)19)12-4-5-17(6-12)7-13(20)9-21-3/h12-13,20H,4-9H2,1-3H3/t12-,13-/m1/s1. The number of methoxy groups -OCH3 is 1. The van der Waals surface area contributed by atoms with Crippen molar-refractivity contribution in [3.05, 3.63) is 11.7 Å². The van der Waals surface area contributed by atoms with E-state index in [2.05, 4.69) is 15.0 Å². The predicted molar refractivity (Wildman–Crippen MR) is 78.0 cm³/mol. The largest absolute Gasteiger partial charge is 0.389 e. The topological polar surface area (TPSA) is 91.9 Å². The number of aliphatic hydroxyl groups is 1. The fourth-order valence-electron chi connectivity index (χ4n) is 2.83. The van der Waals surface area contributed by atoms with Gasteiger partial charge in [0.2, 0.25) is 11.8 Å². The molecule has 0 unspecified atom stereocenters. The molecule has 124 valence electrons. The van der Waals surface area contributed by atoms with Crippen molar-refractivity contribution in [3.8, 4) is 0 Å². The average molecular weight is 312 g/mol. The number of ether oxygens (including phenoxy) is 1. The van der Waals surface area contributed by atoms with Crippen molar-refractivity contribution in [3.63, 3.8) is 0 Å². The summed E-state index contributed by atoms with van der Waals surface area (Å²) in [7, 11) is 1.57. The van der Waals surface area contributed by atoms with Gasteiger partial charge in [0.05, 0.1) is 19.3 Å². The Bertz CT molecular complexity index is 493. The van der Waals surface area contributed by atoms with Gasteiger partial charge in [-0.05, 0) is 6.42 Å². The van der Waals surface area contributed by atoms with Crippen molar-refractivity contribution >= 4 is 5.91 Å². The minimum atomic E-state index is -0.505. The van der Waals surface area contributed by atoms with Gasteiger partial charge in [0.1, 0.15) is 0 Å². The molecule has 1 aromatic heterocycles. The van der Waals surface area contributed by atoms with Crippen LogP contribution in [0.25, 0.3) is 0 Å². The van der Waals surface area contributed by atoms with Crippen LogP contribution in [0.5, 0.6) is 0 Å². The van der Waals surface area contributed by atoms with E-state index in [0.717, 1.165) is 19.5 Å². The van der Waals surface area contributed by atoms with Crippen molar-refractivity contribution in [1.82, 2.24) is 19.9 Å². The Morgan fingerprint density at radius 1 is 1.64 bits per heavy atom. The summed E-state index contributed by atoms with van der Waals surface area (Å²) in [5.41, 5.74) is 0. The van der Waals surface area contributed by atoms with Crippen LogP contribution in [0.1, 0.15) is 25.1 Å². The summed E-state index contributed by atoms with van der Waals surface area (Å²) in [4.78, 5) is 20.0. The number of likely N-dealkylation sites (tertiary alicyclic amines) is 1. The maximum atomic E-state index is 11.9. The first kappa shape index (κ1) is 16.9. The number of carbonyl (C=O) groups excluding carboxylic acids is 1. The maximum Gasteiger partial charge on any atom is 0.223 e. The van der Waals surface area contributed by atoms with E-state index >= 15 is 0 Å². The van der Waals surface area contributed by atoms with Gasteiger partial charge in [-0.1, -0.05) is 5.16 Å². The zero-order valence-electron chi connectivity index (χ0n) is 13.4. The lowest BCUT2D eigenvalue weighted by Crippen LogP contribution is -2.41. The molecule has 1 saturated heterocycles. The highest BCUT2D eigenvalue weighted by Gasteiger charge is 2.30. The molecule has 2 heterocycles. The lowest BCUT2D eigenvalue weighted by Gasteiger charge is -2.27. The van der Waals surface area contributed by atoms with Gasteiger partial charge >= 0.3 is 0 Å². The molecule has 0 radical (unpaired) electrons. The molecular weight excluding hydrogens is 288 g/mol. The molecule has 1 fully saturated rings. The highest BCUT2D eigenvalue weighted by Crippen LogP contribution is 2.18. The summed E-state index contributed by atoms with van der Waals surface area (Å²) in [5, 5.41) is 13.7.